The number of rotatable bonds is 7. The first-order valence-electron chi connectivity index (χ1n) is 19.8. The van der Waals surface area contributed by atoms with Gasteiger partial charge >= 0.3 is 0 Å². The van der Waals surface area contributed by atoms with Crippen molar-refractivity contribution in [3.63, 3.8) is 0 Å². The zero-order chi connectivity index (χ0) is 36.6. The molecule has 0 radical (unpaired) electrons. The van der Waals surface area contributed by atoms with Crippen molar-refractivity contribution in [1.82, 2.24) is 19.9 Å². The van der Waals surface area contributed by atoms with Gasteiger partial charge in [-0.2, -0.15) is 0 Å². The quantitative estimate of drug-likeness (QED) is 0.166. The van der Waals surface area contributed by atoms with Gasteiger partial charge in [-0.25, -0.2) is 15.0 Å². The summed E-state index contributed by atoms with van der Waals surface area (Å²) in [4.78, 5) is 20.3. The lowest BCUT2D eigenvalue weighted by Crippen LogP contribution is -2.05. The second-order valence-corrected chi connectivity index (χ2v) is 15.3. The maximum Gasteiger partial charge on any atom is 0.165 e. The zero-order valence-corrected chi connectivity index (χ0v) is 31.6. The molecule has 0 amide bonds. The highest BCUT2D eigenvalue weighted by Gasteiger charge is 2.18. The molecular weight excluding hydrogens is 657 g/mol. The van der Waals surface area contributed by atoms with E-state index in [4.69, 9.17) is 19.9 Å². The third-order valence-corrected chi connectivity index (χ3v) is 11.4. The van der Waals surface area contributed by atoms with E-state index in [2.05, 4.69) is 130 Å². The van der Waals surface area contributed by atoms with Crippen LogP contribution in [-0.4, -0.2) is 19.9 Å². The first-order valence-corrected chi connectivity index (χ1v) is 19.8. The maximum atomic E-state index is 5.11. The molecule has 0 saturated heterocycles. The van der Waals surface area contributed by atoms with Crippen LogP contribution in [0, 0.1) is 13.8 Å². The average molecular weight is 703 g/mol. The van der Waals surface area contributed by atoms with E-state index < -0.39 is 0 Å². The Kier molecular flexibility index (Phi) is 9.20. The highest BCUT2D eigenvalue weighted by molar-refractivity contribution is 5.86. The Morgan fingerprint density at radius 2 is 0.981 bits per heavy atom. The van der Waals surface area contributed by atoms with Crippen LogP contribution in [-0.2, 0) is 32.1 Å². The van der Waals surface area contributed by atoms with Gasteiger partial charge in [-0.3, -0.25) is 4.98 Å². The van der Waals surface area contributed by atoms with E-state index in [1.54, 1.807) is 0 Å². The maximum absolute atomic E-state index is 5.11. The first-order chi connectivity index (χ1) is 26.5. The van der Waals surface area contributed by atoms with Crippen LogP contribution in [0.25, 0.3) is 67.7 Å². The van der Waals surface area contributed by atoms with E-state index in [-0.39, 0.29) is 0 Å². The number of hydrogen-bond donors (Lipinski definition) is 0. The van der Waals surface area contributed by atoms with Crippen molar-refractivity contribution < 1.29 is 0 Å². The zero-order valence-electron chi connectivity index (χ0n) is 31.6. The smallest absolute Gasteiger partial charge is 0.165 e. The molecule has 0 bridgehead atoms. The third-order valence-electron chi connectivity index (χ3n) is 11.4. The molecule has 2 aliphatic carbocycles. The molecule has 0 unspecified atom stereocenters. The standard InChI is InChI=1S/C50H46N4/c1-4-34-28-39(21-23-45(34)46-16-10-9-15-44(46)43-26-32(2)25-33(3)27-43)47-24-22-42(31-51-47)50-53-48(40-19-17-35-11-5-7-13-37(35)29-40)52-49(54-50)41-20-18-36-12-6-8-14-38(36)30-41/h9-10,15-31H,4-8,11-14H2,1-3H3. The fraction of sp³-hybridized carbons (Fsp3) is 0.240. The van der Waals surface area contributed by atoms with Gasteiger partial charge in [0.05, 0.1) is 5.69 Å². The van der Waals surface area contributed by atoms with E-state index in [0.29, 0.717) is 5.82 Å². The summed E-state index contributed by atoms with van der Waals surface area (Å²) < 4.78 is 0. The van der Waals surface area contributed by atoms with Crippen molar-refractivity contribution in [1.29, 1.82) is 0 Å². The molecule has 2 aromatic heterocycles. The molecule has 4 nitrogen and oxygen atoms in total. The van der Waals surface area contributed by atoms with Gasteiger partial charge in [-0.1, -0.05) is 96.9 Å². The van der Waals surface area contributed by atoms with Crippen molar-refractivity contribution >= 4 is 0 Å². The Morgan fingerprint density at radius 3 is 1.56 bits per heavy atom. The van der Waals surface area contributed by atoms with Crippen molar-refractivity contribution in [3.8, 4) is 67.7 Å². The van der Waals surface area contributed by atoms with Crippen molar-refractivity contribution in [3.05, 3.63) is 154 Å². The Bertz CT molecular complexity index is 2410. The van der Waals surface area contributed by atoms with Crippen molar-refractivity contribution in [2.24, 2.45) is 0 Å². The summed E-state index contributed by atoms with van der Waals surface area (Å²) >= 11 is 0. The van der Waals surface area contributed by atoms with Crippen LogP contribution in [0.2, 0.25) is 0 Å². The molecule has 0 atom stereocenters. The minimum Gasteiger partial charge on any atom is -0.255 e. The summed E-state index contributed by atoms with van der Waals surface area (Å²) in [6.45, 7) is 6.58. The lowest BCUT2D eigenvalue weighted by molar-refractivity contribution is 0.685. The summed E-state index contributed by atoms with van der Waals surface area (Å²) in [7, 11) is 0. The van der Waals surface area contributed by atoms with Crippen LogP contribution in [0.1, 0.15) is 71.6 Å². The number of nitrogens with zero attached hydrogens (tertiary/aromatic N) is 4. The molecule has 0 N–H and O–H groups in total. The van der Waals surface area contributed by atoms with Gasteiger partial charge < -0.3 is 0 Å². The molecular formula is C50H46N4. The number of benzene rings is 5. The fourth-order valence-corrected chi connectivity index (χ4v) is 8.61. The monoisotopic (exact) mass is 702 g/mol. The normalized spacial score (nSPS) is 13.7. The predicted octanol–water partition coefficient (Wildman–Crippen LogP) is 12.2. The molecule has 5 aromatic carbocycles. The third kappa shape index (κ3) is 6.78. The van der Waals surface area contributed by atoms with E-state index in [1.807, 2.05) is 6.20 Å². The molecule has 0 saturated carbocycles. The SMILES string of the molecule is CCc1cc(-c2ccc(-c3nc(-c4ccc5c(c4)CCCC5)nc(-c4ccc5c(c4)CCCC5)n3)cn2)ccc1-c1ccccc1-c1cc(C)cc(C)c1. The summed E-state index contributed by atoms with van der Waals surface area (Å²) in [5.41, 5.74) is 19.7. The Labute approximate surface area is 319 Å². The molecule has 0 fully saturated rings. The molecule has 4 heteroatoms. The van der Waals surface area contributed by atoms with E-state index in [1.165, 1.54) is 86.9 Å². The summed E-state index contributed by atoms with van der Waals surface area (Å²) in [6, 6.07) is 40.1. The molecule has 9 rings (SSSR count). The van der Waals surface area contributed by atoms with E-state index >= 15 is 0 Å². The molecule has 2 aliphatic rings. The van der Waals surface area contributed by atoms with Crippen molar-refractivity contribution in [2.45, 2.75) is 78.6 Å². The molecule has 0 spiro atoms. The van der Waals surface area contributed by atoms with Gasteiger partial charge in [0.15, 0.2) is 17.5 Å². The number of fused-ring (bicyclic) bond motifs is 2. The summed E-state index contributed by atoms with van der Waals surface area (Å²) in [5.74, 6) is 2.08. The van der Waals surface area contributed by atoms with Crippen LogP contribution < -0.4 is 0 Å². The first kappa shape index (κ1) is 34.1. The minimum atomic E-state index is 0.650. The predicted molar refractivity (Wildman–Crippen MR) is 222 cm³/mol. The molecule has 54 heavy (non-hydrogen) atoms. The second kappa shape index (κ2) is 14.6. The summed E-state index contributed by atoms with van der Waals surface area (Å²) in [6.07, 6.45) is 12.4. The Hall–Kier alpha value is -5.74. The van der Waals surface area contributed by atoms with Crippen LogP contribution in [0.15, 0.2) is 115 Å². The van der Waals surface area contributed by atoms with Gasteiger partial charge in [-0.05, 0) is 152 Å². The lowest BCUT2D eigenvalue weighted by Gasteiger charge is -2.17. The summed E-state index contributed by atoms with van der Waals surface area (Å²) in [5, 5.41) is 0. The minimum absolute atomic E-state index is 0.650. The van der Waals surface area contributed by atoms with Crippen LogP contribution >= 0.6 is 0 Å². The number of hydrogen-bond acceptors (Lipinski definition) is 4. The van der Waals surface area contributed by atoms with Gasteiger partial charge in [0.25, 0.3) is 0 Å². The van der Waals surface area contributed by atoms with Gasteiger partial charge in [0, 0.05) is 28.5 Å². The molecule has 2 heterocycles. The van der Waals surface area contributed by atoms with Crippen molar-refractivity contribution in [2.75, 3.05) is 0 Å². The number of pyridine rings is 1. The second-order valence-electron chi connectivity index (χ2n) is 15.3. The highest BCUT2D eigenvalue weighted by atomic mass is 15.0. The number of aryl methyl sites for hydroxylation is 7. The highest BCUT2D eigenvalue weighted by Crippen LogP contribution is 2.37. The Morgan fingerprint density at radius 1 is 0.444 bits per heavy atom. The molecule has 7 aromatic rings. The van der Waals surface area contributed by atoms with Crippen LogP contribution in [0.4, 0.5) is 0 Å². The average Bonchev–Trinajstić information content (AvgIpc) is 3.22. The van der Waals surface area contributed by atoms with Gasteiger partial charge in [0.2, 0.25) is 0 Å². The number of aromatic nitrogens is 4. The van der Waals surface area contributed by atoms with Crippen LogP contribution in [0.3, 0.4) is 0 Å². The van der Waals surface area contributed by atoms with E-state index in [9.17, 15) is 0 Å². The molecule has 0 aliphatic heterocycles. The fourth-order valence-electron chi connectivity index (χ4n) is 8.61. The Balaban J connectivity index is 1.07. The van der Waals surface area contributed by atoms with Crippen LogP contribution in [0.5, 0.6) is 0 Å². The molecule has 266 valence electrons. The lowest BCUT2D eigenvalue weighted by atomic mass is 9.89. The van der Waals surface area contributed by atoms with Gasteiger partial charge in [-0.15, -0.1) is 0 Å². The topological polar surface area (TPSA) is 51.6 Å². The van der Waals surface area contributed by atoms with E-state index in [0.717, 1.165) is 71.7 Å². The van der Waals surface area contributed by atoms with Gasteiger partial charge in [0.1, 0.15) is 0 Å². The largest absolute Gasteiger partial charge is 0.255 e.